The average molecular weight is 824 g/mol. The molecule has 0 aromatic rings. The Bertz CT molecular complexity index is 1080. The van der Waals surface area contributed by atoms with Gasteiger partial charge in [0.25, 0.3) is 0 Å². The van der Waals surface area contributed by atoms with E-state index in [0.717, 1.165) is 44.9 Å². The maximum absolute atomic E-state index is 12.6. The van der Waals surface area contributed by atoms with Gasteiger partial charge < -0.3 is 20.1 Å². The van der Waals surface area contributed by atoms with Gasteiger partial charge in [-0.25, -0.2) is 4.57 Å². The molecule has 57 heavy (non-hydrogen) atoms. The summed E-state index contributed by atoms with van der Waals surface area (Å²) in [6.45, 7) is 3.68. The highest BCUT2D eigenvalue weighted by Gasteiger charge is 2.26. The van der Waals surface area contributed by atoms with Crippen molar-refractivity contribution in [1.82, 2.24) is 0 Å². The molecule has 332 valence electrons. The molecular formula is C47H86NO8P. The van der Waals surface area contributed by atoms with E-state index in [-0.39, 0.29) is 32.6 Å². The van der Waals surface area contributed by atoms with Crippen molar-refractivity contribution < 1.29 is 37.6 Å². The summed E-state index contributed by atoms with van der Waals surface area (Å²) in [5.74, 6) is -0.889. The van der Waals surface area contributed by atoms with Crippen LogP contribution in [0.1, 0.15) is 206 Å². The molecule has 2 atom stereocenters. The standard InChI is InChI=1S/C47H86NO8P/c1-3-5-7-9-11-13-15-17-19-20-21-22-23-24-26-27-29-31-33-35-37-39-46(49)53-43-45(44-55-57(51,52)54-42-41-48)56-47(50)40-38-36-34-32-30-28-25-18-16-14-12-10-8-6-4-2/h19-20,22-23,26-27,31,33,45H,3-18,21,24-25,28-30,32,34-44,48H2,1-2H3,(H,51,52)/b20-19+,23-22+,27-26+,33-31+/t45-/m0/s1. The molecular weight excluding hydrogens is 737 g/mol. The number of phosphoric acid groups is 1. The predicted molar refractivity (Wildman–Crippen MR) is 238 cm³/mol. The summed E-state index contributed by atoms with van der Waals surface area (Å²) in [4.78, 5) is 34.9. The van der Waals surface area contributed by atoms with E-state index in [2.05, 4.69) is 62.5 Å². The minimum atomic E-state index is -4.39. The summed E-state index contributed by atoms with van der Waals surface area (Å²) in [6, 6.07) is 0. The molecule has 3 N–H and O–H groups in total. The number of nitrogens with two attached hydrogens (primary N) is 1. The first-order chi connectivity index (χ1) is 27.8. The smallest absolute Gasteiger partial charge is 0.462 e. The van der Waals surface area contributed by atoms with E-state index in [1.165, 1.54) is 122 Å². The Labute approximate surface area is 349 Å². The van der Waals surface area contributed by atoms with Gasteiger partial charge in [-0.2, -0.15) is 0 Å². The van der Waals surface area contributed by atoms with Crippen molar-refractivity contribution in [3.63, 3.8) is 0 Å². The monoisotopic (exact) mass is 824 g/mol. The maximum Gasteiger partial charge on any atom is 0.472 e. The van der Waals surface area contributed by atoms with Crippen LogP contribution in [0.2, 0.25) is 0 Å². The van der Waals surface area contributed by atoms with Crippen LogP contribution in [0, 0.1) is 0 Å². The lowest BCUT2D eigenvalue weighted by Crippen LogP contribution is -2.29. The third kappa shape index (κ3) is 43.4. The molecule has 0 amide bonds. The van der Waals surface area contributed by atoms with Crippen molar-refractivity contribution in [2.24, 2.45) is 5.73 Å². The SMILES string of the molecule is CCCCCCCCC/C=C/C/C=C/C/C=C/C/C=C/CCCC(=O)OC[C@@H](COP(=O)(O)OCCN)OC(=O)CCCCCCCCCCCCCCCCC. The van der Waals surface area contributed by atoms with Gasteiger partial charge in [0, 0.05) is 19.4 Å². The predicted octanol–water partition coefficient (Wildman–Crippen LogP) is 13.5. The zero-order chi connectivity index (χ0) is 41.8. The number of carbonyl (C=O) groups excluding carboxylic acids is 2. The fourth-order valence-electron chi connectivity index (χ4n) is 6.27. The Hall–Kier alpha value is -2.03. The van der Waals surface area contributed by atoms with Crippen LogP contribution in [0.4, 0.5) is 0 Å². The first-order valence-electron chi connectivity index (χ1n) is 23.1. The molecule has 0 saturated heterocycles. The number of carbonyl (C=O) groups is 2. The summed E-state index contributed by atoms with van der Waals surface area (Å²) < 4.78 is 32.8. The second kappa shape index (κ2) is 43.5. The van der Waals surface area contributed by atoms with Crippen LogP contribution >= 0.6 is 7.82 Å². The fraction of sp³-hybridized carbons (Fsp3) is 0.787. The first kappa shape index (κ1) is 55.0. The van der Waals surface area contributed by atoms with Gasteiger partial charge in [-0.3, -0.25) is 18.6 Å². The largest absolute Gasteiger partial charge is 0.472 e. The van der Waals surface area contributed by atoms with Gasteiger partial charge in [-0.15, -0.1) is 0 Å². The van der Waals surface area contributed by atoms with Crippen molar-refractivity contribution in [2.75, 3.05) is 26.4 Å². The number of allylic oxidation sites excluding steroid dienone is 8. The van der Waals surface area contributed by atoms with Crippen LogP contribution in [0.5, 0.6) is 0 Å². The number of hydrogen-bond acceptors (Lipinski definition) is 8. The van der Waals surface area contributed by atoms with E-state index in [4.69, 9.17) is 24.3 Å². The molecule has 0 aliphatic rings. The number of esters is 2. The second-order valence-electron chi connectivity index (χ2n) is 15.3. The van der Waals surface area contributed by atoms with Gasteiger partial charge in [-0.05, 0) is 51.4 Å². The summed E-state index contributed by atoms with van der Waals surface area (Å²) >= 11 is 0. The lowest BCUT2D eigenvalue weighted by Gasteiger charge is -2.19. The van der Waals surface area contributed by atoms with E-state index in [9.17, 15) is 19.0 Å². The van der Waals surface area contributed by atoms with Crippen molar-refractivity contribution in [1.29, 1.82) is 0 Å². The average Bonchev–Trinajstić information content (AvgIpc) is 3.20. The molecule has 0 aromatic heterocycles. The number of unbranched alkanes of at least 4 members (excludes halogenated alkanes) is 22. The Morgan fingerprint density at radius 3 is 1.40 bits per heavy atom. The summed E-state index contributed by atoms with van der Waals surface area (Å²) in [5, 5.41) is 0. The molecule has 0 rings (SSSR count). The zero-order valence-corrected chi connectivity index (χ0v) is 37.5. The van der Waals surface area contributed by atoms with Crippen LogP contribution in [0.3, 0.4) is 0 Å². The molecule has 0 radical (unpaired) electrons. The Kier molecular flexibility index (Phi) is 42.0. The van der Waals surface area contributed by atoms with E-state index in [0.29, 0.717) is 12.8 Å². The van der Waals surface area contributed by atoms with Gasteiger partial charge in [0.15, 0.2) is 6.10 Å². The van der Waals surface area contributed by atoms with Gasteiger partial charge in [0.1, 0.15) is 6.61 Å². The molecule has 9 nitrogen and oxygen atoms in total. The highest BCUT2D eigenvalue weighted by molar-refractivity contribution is 7.47. The van der Waals surface area contributed by atoms with Gasteiger partial charge in [0.05, 0.1) is 13.2 Å². The molecule has 0 saturated carbocycles. The van der Waals surface area contributed by atoms with Crippen molar-refractivity contribution >= 4 is 19.8 Å². The molecule has 0 aliphatic carbocycles. The molecule has 0 aromatic carbocycles. The van der Waals surface area contributed by atoms with Crippen LogP contribution in [0.25, 0.3) is 0 Å². The minimum absolute atomic E-state index is 0.0460. The highest BCUT2D eigenvalue weighted by atomic mass is 31.2. The van der Waals surface area contributed by atoms with Crippen LogP contribution in [-0.2, 0) is 32.7 Å². The van der Waals surface area contributed by atoms with Gasteiger partial charge in [-0.1, -0.05) is 191 Å². The molecule has 0 spiro atoms. The van der Waals surface area contributed by atoms with Crippen molar-refractivity contribution in [2.45, 2.75) is 213 Å². The molecule has 10 heteroatoms. The second-order valence-corrected chi connectivity index (χ2v) is 16.7. The number of phosphoric ester groups is 1. The van der Waals surface area contributed by atoms with Crippen molar-refractivity contribution in [3.8, 4) is 0 Å². The van der Waals surface area contributed by atoms with E-state index in [1.54, 1.807) is 0 Å². The Morgan fingerprint density at radius 2 is 0.930 bits per heavy atom. The van der Waals surface area contributed by atoms with Gasteiger partial charge in [0.2, 0.25) is 0 Å². The third-order valence-corrected chi connectivity index (χ3v) is 10.7. The number of ether oxygens (including phenoxy) is 2. The summed E-state index contributed by atoms with van der Waals surface area (Å²) in [6.07, 6.45) is 50.1. The zero-order valence-electron chi connectivity index (χ0n) is 36.6. The quantitative estimate of drug-likeness (QED) is 0.0267. The van der Waals surface area contributed by atoms with Gasteiger partial charge >= 0.3 is 19.8 Å². The summed E-state index contributed by atoms with van der Waals surface area (Å²) in [7, 11) is -4.39. The molecule has 0 fully saturated rings. The normalized spacial score (nSPS) is 13.7. The highest BCUT2D eigenvalue weighted by Crippen LogP contribution is 2.43. The lowest BCUT2D eigenvalue weighted by molar-refractivity contribution is -0.161. The minimum Gasteiger partial charge on any atom is -0.462 e. The number of rotatable bonds is 43. The Balaban J connectivity index is 4.20. The van der Waals surface area contributed by atoms with E-state index < -0.39 is 32.5 Å². The van der Waals surface area contributed by atoms with Crippen LogP contribution in [-0.4, -0.2) is 49.3 Å². The topological polar surface area (TPSA) is 134 Å². The van der Waals surface area contributed by atoms with Crippen LogP contribution in [0.15, 0.2) is 48.6 Å². The van der Waals surface area contributed by atoms with Crippen LogP contribution < -0.4 is 5.73 Å². The van der Waals surface area contributed by atoms with Crippen molar-refractivity contribution in [3.05, 3.63) is 48.6 Å². The summed E-state index contributed by atoms with van der Waals surface area (Å²) in [5.41, 5.74) is 5.35. The molecule has 0 bridgehead atoms. The third-order valence-electron chi connectivity index (χ3n) is 9.72. The Morgan fingerprint density at radius 1 is 0.526 bits per heavy atom. The molecule has 1 unspecified atom stereocenters. The van der Waals surface area contributed by atoms with E-state index in [1.807, 2.05) is 0 Å². The molecule has 0 heterocycles. The fourth-order valence-corrected chi connectivity index (χ4v) is 7.04. The first-order valence-corrected chi connectivity index (χ1v) is 24.6. The number of hydrogen-bond donors (Lipinski definition) is 2. The van der Waals surface area contributed by atoms with E-state index >= 15 is 0 Å². The lowest BCUT2D eigenvalue weighted by atomic mass is 10.0. The maximum atomic E-state index is 12.6. The molecule has 0 aliphatic heterocycles.